The predicted octanol–water partition coefficient (Wildman–Crippen LogP) is 4.12. The van der Waals surface area contributed by atoms with Crippen LogP contribution in [-0.2, 0) is 0 Å². The van der Waals surface area contributed by atoms with E-state index in [9.17, 15) is 10.2 Å². The number of rotatable bonds is 8. The summed E-state index contributed by atoms with van der Waals surface area (Å²) in [6.07, 6.45) is -1.74. The van der Waals surface area contributed by atoms with E-state index in [0.29, 0.717) is 41.0 Å². The average Bonchev–Trinajstić information content (AvgIpc) is 2.88. The maximum Gasteiger partial charge on any atom is 0.136 e. The summed E-state index contributed by atoms with van der Waals surface area (Å²) >= 11 is 12.8. The van der Waals surface area contributed by atoms with Gasteiger partial charge in [0, 0.05) is 37.3 Å². The molecule has 0 saturated carbocycles. The quantitative estimate of drug-likeness (QED) is 0.379. The van der Waals surface area contributed by atoms with Crippen LogP contribution in [0.15, 0.2) is 66.7 Å². The maximum absolute atomic E-state index is 10.9. The second-order valence-electron chi connectivity index (χ2n) is 8.76. The summed E-state index contributed by atoms with van der Waals surface area (Å²) in [5.74, 6) is 0.528. The first-order valence-electron chi connectivity index (χ1n) is 11.6. The molecule has 36 heavy (non-hydrogen) atoms. The third-order valence-electron chi connectivity index (χ3n) is 6.22. The van der Waals surface area contributed by atoms with Gasteiger partial charge < -0.3 is 25.6 Å². The Kier molecular flexibility index (Phi) is 8.70. The number of anilines is 1. The highest BCUT2D eigenvalue weighted by Gasteiger charge is 2.31. The number of aliphatic hydroxyl groups excluding tert-OH is 2. The molecule has 188 valence electrons. The molecule has 1 saturated heterocycles. The smallest absolute Gasteiger partial charge is 0.136 e. The molecule has 0 aliphatic carbocycles. The fourth-order valence-corrected chi connectivity index (χ4v) is 4.79. The highest BCUT2D eigenvalue weighted by atomic mass is 35.5. The third-order valence-corrected chi connectivity index (χ3v) is 6.78. The molecular weight excluding hydrogens is 499 g/mol. The van der Waals surface area contributed by atoms with Crippen molar-refractivity contribution >= 4 is 28.9 Å². The molecular formula is C27H28Cl2N4O3. The Morgan fingerprint density at radius 1 is 1.03 bits per heavy atom. The number of hydrogen-bond acceptors (Lipinski definition) is 7. The Bertz CT molecular complexity index is 1200. The molecule has 3 atom stereocenters. The summed E-state index contributed by atoms with van der Waals surface area (Å²) in [5, 5.41) is 30.3. The van der Waals surface area contributed by atoms with E-state index in [-0.39, 0.29) is 12.6 Å². The minimum atomic E-state index is -1.06. The molecule has 4 N–H and O–H groups in total. The van der Waals surface area contributed by atoms with Crippen molar-refractivity contribution in [2.24, 2.45) is 5.73 Å². The fourth-order valence-electron chi connectivity index (χ4n) is 4.39. The molecule has 0 aromatic heterocycles. The van der Waals surface area contributed by atoms with Crippen LogP contribution in [0.25, 0.3) is 0 Å². The number of nitrogens with zero attached hydrogens (tertiary/aromatic N) is 3. The summed E-state index contributed by atoms with van der Waals surface area (Å²) in [7, 11) is 0. The van der Waals surface area contributed by atoms with E-state index in [4.69, 9.17) is 38.9 Å². The molecule has 0 spiro atoms. The highest BCUT2D eigenvalue weighted by molar-refractivity contribution is 6.33. The van der Waals surface area contributed by atoms with Gasteiger partial charge in [0.2, 0.25) is 0 Å². The van der Waals surface area contributed by atoms with E-state index in [1.165, 1.54) is 0 Å². The molecule has 3 aromatic rings. The van der Waals surface area contributed by atoms with Crippen LogP contribution in [-0.4, -0.2) is 54.1 Å². The zero-order valence-electron chi connectivity index (χ0n) is 19.6. The summed E-state index contributed by atoms with van der Waals surface area (Å²) in [5.41, 5.74) is 8.65. The molecule has 1 aliphatic heterocycles. The first kappa shape index (κ1) is 26.2. The van der Waals surface area contributed by atoms with Crippen LogP contribution in [0.4, 0.5) is 5.69 Å². The van der Waals surface area contributed by atoms with Gasteiger partial charge in [-0.3, -0.25) is 4.90 Å². The highest BCUT2D eigenvalue weighted by Crippen LogP contribution is 2.37. The van der Waals surface area contributed by atoms with E-state index in [0.717, 1.165) is 23.4 Å². The summed E-state index contributed by atoms with van der Waals surface area (Å²) in [6.45, 7) is 2.53. The number of nitrogens with two attached hydrogens (primary N) is 1. The summed E-state index contributed by atoms with van der Waals surface area (Å²) < 4.78 is 5.49. The largest absolute Gasteiger partial charge is 0.489 e. The lowest BCUT2D eigenvalue weighted by atomic mass is 10.00. The first-order chi connectivity index (χ1) is 17.3. The Hall–Kier alpha value is -2.83. The number of ether oxygens (including phenoxy) is 1. The van der Waals surface area contributed by atoms with Gasteiger partial charge in [-0.2, -0.15) is 5.26 Å². The van der Waals surface area contributed by atoms with Crippen molar-refractivity contribution in [2.45, 2.75) is 18.4 Å². The van der Waals surface area contributed by atoms with Crippen molar-refractivity contribution in [3.8, 4) is 11.8 Å². The van der Waals surface area contributed by atoms with Gasteiger partial charge in [0.05, 0.1) is 34.5 Å². The van der Waals surface area contributed by atoms with Gasteiger partial charge in [-0.15, -0.1) is 0 Å². The van der Waals surface area contributed by atoms with Crippen LogP contribution in [0.5, 0.6) is 5.75 Å². The van der Waals surface area contributed by atoms with Gasteiger partial charge in [0.25, 0.3) is 0 Å². The Balaban J connectivity index is 1.54. The molecule has 0 amide bonds. The van der Waals surface area contributed by atoms with E-state index >= 15 is 0 Å². The Labute approximate surface area is 220 Å². The van der Waals surface area contributed by atoms with Gasteiger partial charge in [-0.05, 0) is 47.5 Å². The lowest BCUT2D eigenvalue weighted by Gasteiger charge is -2.44. The molecule has 9 heteroatoms. The summed E-state index contributed by atoms with van der Waals surface area (Å²) in [4.78, 5) is 4.48. The predicted molar refractivity (Wildman–Crippen MR) is 141 cm³/mol. The lowest BCUT2D eigenvalue weighted by molar-refractivity contribution is 0.100. The number of nitriles is 1. The minimum absolute atomic E-state index is 0.0245. The topological polar surface area (TPSA) is 106 Å². The van der Waals surface area contributed by atoms with Crippen LogP contribution >= 0.6 is 23.2 Å². The molecule has 1 fully saturated rings. The molecule has 0 bridgehead atoms. The Morgan fingerprint density at radius 3 is 2.39 bits per heavy atom. The van der Waals surface area contributed by atoms with Crippen molar-refractivity contribution in [1.82, 2.24) is 4.90 Å². The molecule has 0 unspecified atom stereocenters. The first-order valence-corrected chi connectivity index (χ1v) is 12.4. The van der Waals surface area contributed by atoms with Crippen molar-refractivity contribution in [1.29, 1.82) is 5.26 Å². The van der Waals surface area contributed by atoms with Gasteiger partial charge in [-0.25, -0.2) is 0 Å². The second kappa shape index (κ2) is 11.9. The normalized spacial score (nSPS) is 17.9. The number of hydrogen-bond donors (Lipinski definition) is 3. The minimum Gasteiger partial charge on any atom is -0.489 e. The van der Waals surface area contributed by atoms with Crippen LogP contribution in [0, 0.1) is 11.3 Å². The lowest BCUT2D eigenvalue weighted by Crippen LogP contribution is -2.49. The number of aliphatic hydroxyl groups is 2. The number of piperazine rings is 1. The van der Waals surface area contributed by atoms with Crippen LogP contribution in [0.2, 0.25) is 10.0 Å². The van der Waals surface area contributed by atoms with Crippen LogP contribution < -0.4 is 15.4 Å². The number of halogens is 2. The fraction of sp³-hybridized carbons (Fsp3) is 0.296. The van der Waals surface area contributed by atoms with Gasteiger partial charge in [0.1, 0.15) is 18.6 Å². The SMILES string of the molecule is N#Cc1ccc([C@H](O)CN2CCN(c3ccc(OC[C@@H](N)O)cc3Cl)[C@H](c3ccc(Cl)cc3)C2)cc1. The van der Waals surface area contributed by atoms with E-state index < -0.39 is 12.3 Å². The average molecular weight is 527 g/mol. The second-order valence-corrected chi connectivity index (χ2v) is 9.61. The zero-order chi connectivity index (χ0) is 25.7. The van der Waals surface area contributed by atoms with Gasteiger partial charge in [-0.1, -0.05) is 47.5 Å². The van der Waals surface area contributed by atoms with Crippen molar-refractivity contribution in [3.05, 3.63) is 93.5 Å². The molecule has 3 aromatic carbocycles. The maximum atomic E-state index is 10.9. The molecule has 1 aliphatic rings. The third kappa shape index (κ3) is 6.48. The van der Waals surface area contributed by atoms with Gasteiger partial charge >= 0.3 is 0 Å². The van der Waals surface area contributed by atoms with Gasteiger partial charge in [0.15, 0.2) is 0 Å². The monoisotopic (exact) mass is 526 g/mol. The van der Waals surface area contributed by atoms with E-state index in [2.05, 4.69) is 15.9 Å². The standard InChI is InChI=1S/C27H28Cl2N4O3/c28-21-7-5-19(6-8-21)25-15-32(16-26(34)20-3-1-18(14-30)2-4-20)11-12-33(25)24-10-9-22(13-23(24)29)36-17-27(31)35/h1-10,13,25-27,34-35H,11-12,15-17,31H2/t25-,26+,27-/m0/s1. The van der Waals surface area contributed by atoms with Crippen molar-refractivity contribution < 1.29 is 14.9 Å². The van der Waals surface area contributed by atoms with E-state index in [1.807, 2.05) is 36.4 Å². The Morgan fingerprint density at radius 2 is 1.75 bits per heavy atom. The van der Waals surface area contributed by atoms with E-state index in [1.54, 1.807) is 30.3 Å². The molecule has 4 rings (SSSR count). The molecule has 0 radical (unpaired) electrons. The zero-order valence-corrected chi connectivity index (χ0v) is 21.1. The molecule has 7 nitrogen and oxygen atoms in total. The molecule has 1 heterocycles. The van der Waals surface area contributed by atoms with Crippen molar-refractivity contribution in [2.75, 3.05) is 37.7 Å². The van der Waals surface area contributed by atoms with Crippen LogP contribution in [0.1, 0.15) is 28.8 Å². The number of benzene rings is 3. The van der Waals surface area contributed by atoms with Crippen molar-refractivity contribution in [3.63, 3.8) is 0 Å². The summed E-state index contributed by atoms with van der Waals surface area (Å²) in [6, 6.07) is 22.3. The number of β-amino-alcohol motifs (C(OH)–C–C–N with tert-alkyl or cyclic N) is 1. The van der Waals surface area contributed by atoms with Crippen LogP contribution in [0.3, 0.4) is 0 Å².